The van der Waals surface area contributed by atoms with Crippen LogP contribution in [0.1, 0.15) is 291 Å². The van der Waals surface area contributed by atoms with E-state index in [-0.39, 0.29) is 55.9 Å². The number of aliphatic hydroxyl groups is 10. The van der Waals surface area contributed by atoms with Crippen LogP contribution in [0.5, 0.6) is 0 Å². The molecule has 0 aliphatic carbocycles. The zero-order valence-corrected chi connectivity index (χ0v) is 83.0. The van der Waals surface area contributed by atoms with E-state index in [2.05, 4.69) is 140 Å². The van der Waals surface area contributed by atoms with Gasteiger partial charge in [-0.3, -0.25) is 4.79 Å². The first-order valence-electron chi connectivity index (χ1n) is 46.9. The fourth-order valence-corrected chi connectivity index (χ4v) is 19.5. The van der Waals surface area contributed by atoms with Gasteiger partial charge in [-0.25, -0.2) is 0 Å². The Balaban J connectivity index is 0.000000923. The van der Waals surface area contributed by atoms with Gasteiger partial charge in [0.25, 0.3) is 0 Å². The van der Waals surface area contributed by atoms with Crippen molar-refractivity contribution in [2.75, 3.05) is 33.0 Å². The zero-order valence-electron chi connectivity index (χ0n) is 78.0. The predicted molar refractivity (Wildman–Crippen MR) is 488 cm³/mol. The predicted octanol–water partition coefficient (Wildman–Crippen LogP) is 17.8. The number of nitrogens with one attached hydrogen (secondary N) is 1. The first-order valence-corrected chi connectivity index (χ1v) is 63.9. The molecule has 0 aromatic rings. The lowest BCUT2D eigenvalue weighted by molar-refractivity contribution is -0.303. The van der Waals surface area contributed by atoms with E-state index in [1.807, 2.05) is 13.0 Å². The molecule has 25 nitrogen and oxygen atoms in total. The standard InChI is InChI=1S/C42H83NO9.C25H47N3O6.C21H52O6Si5/c1-3-5-7-9-11-13-15-17-18-19-21-23-25-27-29-31-37(46)43-34(33-51-42-41(50)40(49)39(48)36(32-44)52-42)38(47)35(45)30-28-26-24-22-20-16-14-12-10-8-6-4-2;1-3-4-5-6-7-8-9-10-11-12-13-14-15-16-19(2)20(27-28-26)18-33-25-24(32)23(31)22(30)21(17-29)34-25;1-28(2,3)22-16-17-18(24-29(4,5)6)19(25-30(7,8)9)20(26-31(10,11)12)21(23-17)27-32(13,14)15/h34-36,38-42,44-45,47-50H,3-33H2,1-2H3,(H,43,46);15-16,19-25,29-32H,3-14,17-18H2,1-2H3;17-21H,16H2,1-15H3/b;16-15+;/t34-,35+,36?,38-,39?,40?,41?,42?;19-,20+,21?,22?,23?,24?,25?;/m01./s1. The lowest BCUT2D eigenvalue weighted by Gasteiger charge is -2.51. The lowest BCUT2D eigenvalue weighted by Crippen LogP contribution is -2.67. The Kier molecular flexibility index (Phi) is 63.6. The minimum atomic E-state index is -1.92. The van der Waals surface area contributed by atoms with Crippen molar-refractivity contribution in [3.05, 3.63) is 22.6 Å². The molecule has 20 atom stereocenters. The van der Waals surface area contributed by atoms with Crippen molar-refractivity contribution in [2.45, 2.75) is 506 Å². The average molecular weight is 1770 g/mol. The van der Waals surface area contributed by atoms with Crippen molar-refractivity contribution in [3.63, 3.8) is 0 Å². The molecule has 0 aromatic carbocycles. The molecule has 1 amide bonds. The molecule has 30 heteroatoms. The summed E-state index contributed by atoms with van der Waals surface area (Å²) < 4.78 is 62.0. The molecule has 0 spiro atoms. The minimum Gasteiger partial charge on any atom is -0.415 e. The van der Waals surface area contributed by atoms with Crippen LogP contribution in [0.25, 0.3) is 10.4 Å². The van der Waals surface area contributed by atoms with E-state index in [4.69, 9.17) is 51.3 Å². The third-order valence-corrected chi connectivity index (χ3v) is 26.4. The second-order valence-corrected chi connectivity index (χ2v) is 61.2. The highest BCUT2D eigenvalue weighted by molar-refractivity contribution is 6.71. The molecule has 3 heterocycles. The van der Waals surface area contributed by atoms with E-state index in [9.17, 15) is 55.9 Å². The Morgan fingerprint density at radius 1 is 0.432 bits per heavy atom. The Bertz CT molecular complexity index is 2510. The SMILES string of the molecule is CCCCCCCCCCCCC/C=C/[C@@H](C)[C@H](COC1OC(CO)C(O)C(O)C1O)N=[N+]=[N-].CCCCCCCCCCCCCCCCCC(=O)N[C@@H](COC1OC(CO)C(O)C(O)C1O)[C@H](O)[C@H](O)CCCCCCCCCCCCCC.C[Si](C)(C)OCC1OC(O[Si](C)(C)C)C(O[Si](C)(C)C)C(O[Si](C)(C)C)C1O[Si](C)(C)C. The van der Waals surface area contributed by atoms with Crippen LogP contribution in [0.3, 0.4) is 0 Å². The molecular weight excluding hydrogens is 1590 g/mol. The van der Waals surface area contributed by atoms with Crippen molar-refractivity contribution in [2.24, 2.45) is 11.0 Å². The number of carbonyl (C=O) groups excluding carboxylic acids is 1. The monoisotopic (exact) mass is 1770 g/mol. The van der Waals surface area contributed by atoms with Gasteiger partial charge in [0.2, 0.25) is 5.91 Å². The maximum absolute atomic E-state index is 13.0. The number of hydrogen-bond donors (Lipinski definition) is 11. The van der Waals surface area contributed by atoms with E-state index >= 15 is 0 Å². The molecule has 3 rings (SSSR count). The fraction of sp³-hybridized carbons (Fsp3) is 0.966. The van der Waals surface area contributed by atoms with Crippen molar-refractivity contribution in [3.8, 4) is 0 Å². The summed E-state index contributed by atoms with van der Waals surface area (Å²) in [6.45, 7) is 40.8. The summed E-state index contributed by atoms with van der Waals surface area (Å²) in [5.41, 5.74) is 8.91. The molecule has 11 N–H and O–H groups in total. The summed E-state index contributed by atoms with van der Waals surface area (Å²) >= 11 is 0. The van der Waals surface area contributed by atoms with Crippen LogP contribution < -0.4 is 5.32 Å². The normalized spacial score (nSPS) is 25.4. The maximum Gasteiger partial charge on any atom is 0.220 e. The number of allylic oxidation sites excluding steroid dienone is 1. The summed E-state index contributed by atoms with van der Waals surface area (Å²) in [5, 5.41) is 108. The molecule has 118 heavy (non-hydrogen) atoms. The largest absolute Gasteiger partial charge is 0.415 e. The van der Waals surface area contributed by atoms with E-state index in [1.165, 1.54) is 193 Å². The number of azide groups is 1. The number of nitrogens with zero attached hydrogens (tertiary/aromatic N) is 3. The Morgan fingerprint density at radius 3 is 1.15 bits per heavy atom. The van der Waals surface area contributed by atoms with Gasteiger partial charge in [-0.15, -0.1) is 0 Å². The number of aliphatic hydroxyl groups excluding tert-OH is 10. The number of carbonyl (C=O) groups is 1. The summed E-state index contributed by atoms with van der Waals surface area (Å²) in [5.74, 6) is -0.345. The zero-order chi connectivity index (χ0) is 88.8. The Morgan fingerprint density at radius 2 is 0.780 bits per heavy atom. The first-order chi connectivity index (χ1) is 55.7. The number of unbranched alkanes of at least 4 members (excludes halogenated alkanes) is 36. The molecule has 700 valence electrons. The van der Waals surface area contributed by atoms with Gasteiger partial charge < -0.3 is 102 Å². The van der Waals surface area contributed by atoms with E-state index in [0.29, 0.717) is 13.0 Å². The summed E-state index contributed by atoms with van der Waals surface area (Å²) in [7, 11) is -9.37. The molecule has 3 aliphatic rings. The Labute approximate surface area is 722 Å². The lowest BCUT2D eigenvalue weighted by atomic mass is 9.98. The van der Waals surface area contributed by atoms with Crippen LogP contribution in [0.4, 0.5) is 0 Å². The third-order valence-electron chi connectivity index (χ3n) is 21.5. The molecule has 0 aromatic heterocycles. The molecule has 3 saturated heterocycles. The van der Waals surface area contributed by atoms with E-state index < -0.39 is 147 Å². The van der Waals surface area contributed by atoms with Gasteiger partial charge in [-0.05, 0) is 135 Å². The number of amides is 1. The molecule has 3 fully saturated rings. The topological polar surface area (TPSA) is 372 Å². The smallest absolute Gasteiger partial charge is 0.220 e. The van der Waals surface area contributed by atoms with Crippen molar-refractivity contribution in [1.29, 1.82) is 0 Å². The molecule has 0 radical (unpaired) electrons. The summed E-state index contributed by atoms with van der Waals surface area (Å²) in [6.07, 6.45) is 35.2. The second-order valence-electron chi connectivity index (χ2n) is 38.8. The minimum absolute atomic E-state index is 0.0311. The van der Waals surface area contributed by atoms with Gasteiger partial charge in [0, 0.05) is 11.3 Å². The van der Waals surface area contributed by atoms with Gasteiger partial charge in [-0.1, -0.05) is 276 Å². The van der Waals surface area contributed by atoms with Crippen LogP contribution in [0, 0.1) is 5.92 Å². The number of hydrogen-bond acceptors (Lipinski definition) is 22. The fourth-order valence-electron chi connectivity index (χ4n) is 14.7. The van der Waals surface area contributed by atoms with Crippen LogP contribution >= 0.6 is 0 Å². The quantitative estimate of drug-likeness (QED) is 0.00673. The van der Waals surface area contributed by atoms with Crippen molar-refractivity contribution < 1.29 is 102 Å². The first kappa shape index (κ1) is 115. The number of rotatable bonds is 66. The van der Waals surface area contributed by atoms with E-state index in [1.54, 1.807) is 0 Å². The van der Waals surface area contributed by atoms with Crippen molar-refractivity contribution in [1.82, 2.24) is 5.32 Å². The van der Waals surface area contributed by atoms with Crippen LogP contribution in [0.2, 0.25) is 98.2 Å². The second kappa shape index (κ2) is 65.4. The van der Waals surface area contributed by atoms with Crippen LogP contribution in [-0.2, 0) is 50.6 Å². The highest BCUT2D eigenvalue weighted by Crippen LogP contribution is 2.37. The van der Waals surface area contributed by atoms with Gasteiger partial charge >= 0.3 is 0 Å². The summed E-state index contributed by atoms with van der Waals surface area (Å²) in [6, 6.07) is -1.51. The highest BCUT2D eigenvalue weighted by atomic mass is 28.4. The molecule has 3 aliphatic heterocycles. The van der Waals surface area contributed by atoms with Gasteiger partial charge in [0.15, 0.2) is 60.5 Å². The highest BCUT2D eigenvalue weighted by Gasteiger charge is 2.53. The van der Waals surface area contributed by atoms with Crippen molar-refractivity contribution >= 4 is 47.5 Å². The third kappa shape index (κ3) is 55.4. The van der Waals surface area contributed by atoms with Gasteiger partial charge in [0.05, 0.1) is 51.2 Å². The molecule has 0 bridgehead atoms. The van der Waals surface area contributed by atoms with Crippen LogP contribution in [-0.4, -0.2) is 248 Å². The van der Waals surface area contributed by atoms with Gasteiger partial charge in [0.1, 0.15) is 79.4 Å². The van der Waals surface area contributed by atoms with E-state index in [0.717, 1.165) is 57.8 Å². The summed E-state index contributed by atoms with van der Waals surface area (Å²) in [4.78, 5) is 15.8. The molecule has 0 saturated carbocycles. The van der Waals surface area contributed by atoms with Gasteiger partial charge in [-0.2, -0.15) is 0 Å². The molecule has 15 unspecified atom stereocenters. The average Bonchev–Trinajstić information content (AvgIpc) is 0.768. The number of ether oxygens (including phenoxy) is 5. The Hall–Kier alpha value is -1.20. The van der Waals surface area contributed by atoms with Crippen LogP contribution in [0.15, 0.2) is 17.3 Å². The molecular formula is C88H182N4O21Si5. The maximum atomic E-state index is 13.0.